The molecule has 5 heteroatoms. The van der Waals surface area contributed by atoms with Gasteiger partial charge in [-0.05, 0) is 49.9 Å². The Balaban J connectivity index is 2.28. The summed E-state index contributed by atoms with van der Waals surface area (Å²) in [5.41, 5.74) is 4.46. The van der Waals surface area contributed by atoms with Crippen molar-refractivity contribution < 1.29 is 9.53 Å². The molecule has 0 atom stereocenters. The zero-order chi connectivity index (χ0) is 15.8. The fourth-order valence-electron chi connectivity index (χ4n) is 1.53. The van der Waals surface area contributed by atoms with Crippen molar-refractivity contribution in [2.24, 2.45) is 11.0 Å². The predicted octanol–water partition coefficient (Wildman–Crippen LogP) is 3.96. The summed E-state index contributed by atoms with van der Waals surface area (Å²) < 4.78 is 5.63. The van der Waals surface area contributed by atoms with E-state index in [2.05, 4.69) is 10.5 Å². The van der Waals surface area contributed by atoms with Crippen LogP contribution in [0.25, 0.3) is 0 Å². The van der Waals surface area contributed by atoms with Gasteiger partial charge in [-0.3, -0.25) is 4.79 Å². The van der Waals surface area contributed by atoms with Crippen LogP contribution in [0, 0.1) is 12.8 Å². The molecule has 0 aliphatic heterocycles. The molecule has 0 heterocycles. The van der Waals surface area contributed by atoms with E-state index >= 15 is 0 Å². The first-order valence-corrected chi connectivity index (χ1v) is 7.50. The number of nitrogens with one attached hydrogen (secondary N) is 1. The monoisotopic (exact) mass is 310 g/mol. The SMILES string of the molecule is C/C(=N\NC(=O)CCCOc1ccc(Cl)cc1C)C(C)C. The molecule has 1 aromatic carbocycles. The van der Waals surface area contributed by atoms with E-state index in [4.69, 9.17) is 16.3 Å². The van der Waals surface area contributed by atoms with E-state index in [1.54, 1.807) is 6.07 Å². The van der Waals surface area contributed by atoms with E-state index in [-0.39, 0.29) is 5.91 Å². The van der Waals surface area contributed by atoms with Crippen LogP contribution in [0.3, 0.4) is 0 Å². The molecule has 116 valence electrons. The minimum Gasteiger partial charge on any atom is -0.493 e. The van der Waals surface area contributed by atoms with Gasteiger partial charge in [0.25, 0.3) is 0 Å². The Labute approximate surface area is 131 Å². The van der Waals surface area contributed by atoms with Gasteiger partial charge < -0.3 is 4.74 Å². The van der Waals surface area contributed by atoms with Crippen LogP contribution in [-0.4, -0.2) is 18.2 Å². The summed E-state index contributed by atoms with van der Waals surface area (Å²) in [6.45, 7) is 8.40. The summed E-state index contributed by atoms with van der Waals surface area (Å²) in [4.78, 5) is 11.6. The summed E-state index contributed by atoms with van der Waals surface area (Å²) in [5.74, 6) is 1.04. The van der Waals surface area contributed by atoms with Crippen molar-refractivity contribution in [1.29, 1.82) is 0 Å². The molecule has 21 heavy (non-hydrogen) atoms. The highest BCUT2D eigenvalue weighted by atomic mass is 35.5. The van der Waals surface area contributed by atoms with E-state index in [0.29, 0.717) is 30.4 Å². The number of amides is 1. The van der Waals surface area contributed by atoms with Crippen molar-refractivity contribution in [3.63, 3.8) is 0 Å². The number of halogens is 1. The van der Waals surface area contributed by atoms with Crippen molar-refractivity contribution in [3.8, 4) is 5.75 Å². The quantitative estimate of drug-likeness (QED) is 0.471. The third-order valence-electron chi connectivity index (χ3n) is 3.14. The van der Waals surface area contributed by atoms with Crippen LogP contribution in [0.2, 0.25) is 5.02 Å². The predicted molar refractivity (Wildman–Crippen MR) is 87.0 cm³/mol. The van der Waals surface area contributed by atoms with E-state index in [1.807, 2.05) is 39.8 Å². The van der Waals surface area contributed by atoms with Gasteiger partial charge in [0.15, 0.2) is 0 Å². The minimum atomic E-state index is -0.0913. The average molecular weight is 311 g/mol. The number of carbonyl (C=O) groups is 1. The van der Waals surface area contributed by atoms with Crippen molar-refractivity contribution in [2.45, 2.75) is 40.5 Å². The Bertz CT molecular complexity index is 513. The smallest absolute Gasteiger partial charge is 0.240 e. The second-order valence-electron chi connectivity index (χ2n) is 5.30. The lowest BCUT2D eigenvalue weighted by molar-refractivity contribution is -0.121. The maximum absolute atomic E-state index is 11.6. The topological polar surface area (TPSA) is 50.7 Å². The normalized spacial score (nSPS) is 11.6. The third-order valence-corrected chi connectivity index (χ3v) is 3.37. The molecule has 1 N–H and O–H groups in total. The fourth-order valence-corrected chi connectivity index (χ4v) is 1.75. The molecule has 0 fully saturated rings. The first-order valence-electron chi connectivity index (χ1n) is 7.12. The molecule has 0 saturated carbocycles. The van der Waals surface area contributed by atoms with Crippen molar-refractivity contribution in [1.82, 2.24) is 5.43 Å². The highest BCUT2D eigenvalue weighted by Gasteiger charge is 2.04. The zero-order valence-electron chi connectivity index (χ0n) is 13.1. The van der Waals surface area contributed by atoms with E-state index < -0.39 is 0 Å². The van der Waals surface area contributed by atoms with Crippen molar-refractivity contribution in [2.75, 3.05) is 6.61 Å². The maximum Gasteiger partial charge on any atom is 0.240 e. The summed E-state index contributed by atoms with van der Waals surface area (Å²) in [5, 5.41) is 4.74. The molecule has 0 aliphatic rings. The first-order chi connectivity index (χ1) is 9.90. The number of hydrogen-bond acceptors (Lipinski definition) is 3. The molecule has 0 aromatic heterocycles. The van der Waals surface area contributed by atoms with E-state index in [1.165, 1.54) is 0 Å². The number of benzene rings is 1. The van der Waals surface area contributed by atoms with Crippen LogP contribution in [0.15, 0.2) is 23.3 Å². The van der Waals surface area contributed by atoms with Crippen LogP contribution < -0.4 is 10.2 Å². The molecule has 0 saturated heterocycles. The number of nitrogens with zero attached hydrogens (tertiary/aromatic N) is 1. The Hall–Kier alpha value is -1.55. The minimum absolute atomic E-state index is 0.0913. The zero-order valence-corrected chi connectivity index (χ0v) is 13.8. The summed E-state index contributed by atoms with van der Waals surface area (Å²) in [7, 11) is 0. The molecule has 0 radical (unpaired) electrons. The van der Waals surface area contributed by atoms with Gasteiger partial charge in [-0.1, -0.05) is 25.4 Å². The van der Waals surface area contributed by atoms with Gasteiger partial charge in [0.2, 0.25) is 5.91 Å². The molecule has 0 unspecified atom stereocenters. The van der Waals surface area contributed by atoms with Gasteiger partial charge >= 0.3 is 0 Å². The van der Waals surface area contributed by atoms with Crippen LogP contribution in [0.5, 0.6) is 5.75 Å². The van der Waals surface area contributed by atoms with Gasteiger partial charge in [-0.2, -0.15) is 5.10 Å². The summed E-state index contributed by atoms with van der Waals surface area (Å²) in [6.07, 6.45) is 1.03. The lowest BCUT2D eigenvalue weighted by Crippen LogP contribution is -2.20. The fraction of sp³-hybridized carbons (Fsp3) is 0.500. The lowest BCUT2D eigenvalue weighted by atomic mass is 10.1. The molecular formula is C16H23ClN2O2. The van der Waals surface area contributed by atoms with Crippen LogP contribution >= 0.6 is 11.6 Å². The molecule has 0 aliphatic carbocycles. The Morgan fingerprint density at radius 1 is 1.43 bits per heavy atom. The second kappa shape index (κ2) is 8.67. The number of ether oxygens (including phenoxy) is 1. The molecule has 1 amide bonds. The van der Waals surface area contributed by atoms with Crippen LogP contribution in [0.4, 0.5) is 0 Å². The Morgan fingerprint density at radius 2 is 2.14 bits per heavy atom. The highest BCUT2D eigenvalue weighted by molar-refractivity contribution is 6.30. The number of hydrogen-bond donors (Lipinski definition) is 1. The highest BCUT2D eigenvalue weighted by Crippen LogP contribution is 2.21. The molecule has 4 nitrogen and oxygen atoms in total. The molecule has 0 bridgehead atoms. The van der Waals surface area contributed by atoms with Gasteiger partial charge in [0.05, 0.1) is 6.61 Å². The van der Waals surface area contributed by atoms with Crippen molar-refractivity contribution in [3.05, 3.63) is 28.8 Å². The summed E-state index contributed by atoms with van der Waals surface area (Å²) in [6, 6.07) is 5.49. The molecule has 0 spiro atoms. The maximum atomic E-state index is 11.6. The number of carbonyl (C=O) groups excluding carboxylic acids is 1. The lowest BCUT2D eigenvalue weighted by Gasteiger charge is -2.09. The molecule has 1 aromatic rings. The van der Waals surface area contributed by atoms with Gasteiger partial charge in [-0.15, -0.1) is 0 Å². The molecular weight excluding hydrogens is 288 g/mol. The van der Waals surface area contributed by atoms with Crippen LogP contribution in [0.1, 0.15) is 39.2 Å². The number of rotatable bonds is 7. The second-order valence-corrected chi connectivity index (χ2v) is 5.74. The van der Waals surface area contributed by atoms with E-state index in [0.717, 1.165) is 17.0 Å². The summed E-state index contributed by atoms with van der Waals surface area (Å²) >= 11 is 5.88. The molecule has 1 rings (SSSR count). The van der Waals surface area contributed by atoms with Gasteiger partial charge in [0.1, 0.15) is 5.75 Å². The Kier molecular flexibility index (Phi) is 7.23. The first kappa shape index (κ1) is 17.5. The van der Waals surface area contributed by atoms with Gasteiger partial charge in [-0.25, -0.2) is 5.43 Å². The van der Waals surface area contributed by atoms with Gasteiger partial charge in [0, 0.05) is 17.2 Å². The largest absolute Gasteiger partial charge is 0.493 e. The number of hydrazone groups is 1. The standard InChI is InChI=1S/C16H23ClN2O2/c1-11(2)13(4)18-19-16(20)6-5-9-21-15-8-7-14(17)10-12(15)3/h7-8,10-11H,5-6,9H2,1-4H3,(H,19,20)/b18-13+. The Morgan fingerprint density at radius 3 is 2.76 bits per heavy atom. The van der Waals surface area contributed by atoms with Crippen LogP contribution in [-0.2, 0) is 4.79 Å². The number of aryl methyl sites for hydroxylation is 1. The van der Waals surface area contributed by atoms with E-state index in [9.17, 15) is 4.79 Å². The van der Waals surface area contributed by atoms with Crippen molar-refractivity contribution >= 4 is 23.2 Å². The average Bonchev–Trinajstić information content (AvgIpc) is 2.42. The third kappa shape index (κ3) is 6.63.